The summed E-state index contributed by atoms with van der Waals surface area (Å²) in [4.78, 5) is -4.92. The van der Waals surface area contributed by atoms with E-state index in [4.69, 9.17) is 0 Å². The van der Waals surface area contributed by atoms with Gasteiger partial charge in [-0.05, 0) is 41.8 Å². The predicted molar refractivity (Wildman–Crippen MR) is 91.6 cm³/mol. The number of benzene rings is 2. The summed E-state index contributed by atoms with van der Waals surface area (Å²) < 4.78 is 231. The van der Waals surface area contributed by atoms with E-state index < -0.39 is 119 Å². The quantitative estimate of drug-likeness (QED) is 0.355. The Hall–Kier alpha value is -2.58. The van der Waals surface area contributed by atoms with Gasteiger partial charge in [-0.25, -0.2) is 16.8 Å². The second-order valence-corrected chi connectivity index (χ2v) is 9.70. The van der Waals surface area contributed by atoms with Crippen LogP contribution < -0.4 is 0 Å². The van der Waals surface area contributed by atoms with Crippen molar-refractivity contribution in [2.45, 2.75) is 40.9 Å². The Morgan fingerprint density at radius 3 is 0.973 bits per heavy atom. The highest BCUT2D eigenvalue weighted by atomic mass is 32.2. The van der Waals surface area contributed by atoms with Gasteiger partial charge in [-0.2, -0.15) is 52.7 Å². The van der Waals surface area contributed by atoms with Crippen molar-refractivity contribution in [1.82, 2.24) is 0 Å². The Kier molecular flexibility index (Phi) is 7.47. The van der Waals surface area contributed by atoms with Gasteiger partial charge in [0.2, 0.25) is 0 Å². The molecule has 208 valence electrons. The first-order valence-electron chi connectivity index (χ1n) is 8.70. The van der Waals surface area contributed by atoms with Crippen LogP contribution in [0.25, 0.3) is 0 Å². The van der Waals surface area contributed by atoms with Crippen LogP contribution in [-0.2, 0) is 51.4 Å². The maximum Gasteiger partial charge on any atom is 0.417 e. The molecule has 0 saturated carbocycles. The highest BCUT2D eigenvalue weighted by Gasteiger charge is 2.47. The van der Waals surface area contributed by atoms with E-state index in [-0.39, 0.29) is 0 Å². The first-order chi connectivity index (χ1) is 16.2. The van der Waals surface area contributed by atoms with Gasteiger partial charge in [-0.3, -0.25) is 0 Å². The molecule has 2 rings (SSSR count). The summed E-state index contributed by atoms with van der Waals surface area (Å²) in [5.41, 5.74) is -16.4. The van der Waals surface area contributed by atoms with E-state index in [1.807, 2.05) is 0 Å². The minimum atomic E-state index is -6.33. The van der Waals surface area contributed by atoms with Crippen molar-refractivity contribution in [1.29, 1.82) is 0 Å². The molecule has 0 N–H and O–H groups in total. The number of alkyl halides is 12. The Balaban J connectivity index is 3.28. The summed E-state index contributed by atoms with van der Waals surface area (Å²) in [5.74, 6) is 0. The van der Waals surface area contributed by atoms with Gasteiger partial charge in [0, 0.05) is 0 Å². The topological polar surface area (TPSA) is 114 Å². The normalized spacial score (nSPS) is 14.2. The van der Waals surface area contributed by atoms with Crippen LogP contribution in [0, 0.1) is 0 Å². The summed E-state index contributed by atoms with van der Waals surface area (Å²) in [6.07, 6.45) is -27.2. The van der Waals surface area contributed by atoms with Crippen molar-refractivity contribution in [3.05, 3.63) is 57.6 Å². The lowest BCUT2D eigenvalue weighted by atomic mass is 9.88. The van der Waals surface area contributed by atoms with Gasteiger partial charge >= 0.3 is 24.7 Å². The average molecular weight is 598 g/mol. The molecule has 0 unspecified atom stereocenters. The summed E-state index contributed by atoms with van der Waals surface area (Å²) >= 11 is 0. The minimum absolute atomic E-state index is 0.495. The Labute approximate surface area is 198 Å². The SMILES string of the molecule is O=S(=O)([O-])c1ccc(C(F)(F)F)c(Cc2c(C(F)(F)F)ccc(S(=O)(=O)[O-])c2C(F)(F)F)c1C(F)(F)F. The van der Waals surface area contributed by atoms with E-state index in [1.165, 1.54) is 0 Å². The van der Waals surface area contributed by atoms with Crippen molar-refractivity contribution in [2.24, 2.45) is 0 Å². The first kappa shape index (κ1) is 30.6. The molecule has 0 spiro atoms. The molecule has 0 atom stereocenters. The Morgan fingerprint density at radius 2 is 0.784 bits per heavy atom. The van der Waals surface area contributed by atoms with Gasteiger partial charge in [-0.15, -0.1) is 0 Å². The zero-order valence-electron chi connectivity index (χ0n) is 16.8. The molecule has 6 nitrogen and oxygen atoms in total. The lowest BCUT2D eigenvalue weighted by Gasteiger charge is -2.26. The fourth-order valence-corrected chi connectivity index (χ4v) is 4.81. The average Bonchev–Trinajstić information content (AvgIpc) is 2.62. The summed E-state index contributed by atoms with van der Waals surface area (Å²) in [5, 5.41) is 0. The standard InChI is InChI=1S/C17H8F12O6S2/c18-14(19,20)8-1-3-10(36(30,31)32)12(16(24,25)26)6(8)5-7-9(15(21,22)23)2-4-11(37(33,34)35)13(7)17(27,28)29/h1-4H,5H2,(H,30,31,32)(H,33,34,35)/p-2. The van der Waals surface area contributed by atoms with Crippen molar-refractivity contribution in [2.75, 3.05) is 0 Å². The van der Waals surface area contributed by atoms with Crippen LogP contribution in [0.4, 0.5) is 52.7 Å². The summed E-state index contributed by atoms with van der Waals surface area (Å²) in [6, 6.07) is -1.98. The third-order valence-electron chi connectivity index (χ3n) is 4.62. The van der Waals surface area contributed by atoms with Crippen molar-refractivity contribution in [3.63, 3.8) is 0 Å². The van der Waals surface area contributed by atoms with E-state index >= 15 is 0 Å². The second-order valence-electron chi connectivity index (χ2n) is 7.01. The van der Waals surface area contributed by atoms with E-state index in [0.717, 1.165) is 0 Å². The van der Waals surface area contributed by atoms with Crippen LogP contribution >= 0.6 is 0 Å². The highest BCUT2D eigenvalue weighted by Crippen LogP contribution is 2.47. The molecule has 0 aromatic heterocycles. The van der Waals surface area contributed by atoms with Crippen molar-refractivity contribution in [3.8, 4) is 0 Å². The maximum absolute atomic E-state index is 13.7. The summed E-state index contributed by atoms with van der Waals surface area (Å²) in [7, 11) is -12.7. The predicted octanol–water partition coefficient (Wildman–Crippen LogP) is 5.16. The van der Waals surface area contributed by atoms with Gasteiger partial charge in [0.25, 0.3) is 0 Å². The molecule has 2 aromatic rings. The Morgan fingerprint density at radius 1 is 0.514 bits per heavy atom. The zero-order chi connectivity index (χ0) is 29.2. The number of hydrogen-bond acceptors (Lipinski definition) is 6. The molecule has 0 aliphatic rings. The zero-order valence-corrected chi connectivity index (χ0v) is 18.5. The fourth-order valence-electron chi connectivity index (χ4n) is 3.37. The molecular formula is C17H6F12O6S2-2. The minimum Gasteiger partial charge on any atom is -0.744 e. The van der Waals surface area contributed by atoms with Crippen LogP contribution in [0.15, 0.2) is 34.1 Å². The highest BCUT2D eigenvalue weighted by molar-refractivity contribution is 7.86. The van der Waals surface area contributed by atoms with Crippen molar-refractivity contribution >= 4 is 20.2 Å². The number of rotatable bonds is 4. The molecule has 0 saturated heterocycles. The Bertz CT molecular complexity index is 1320. The van der Waals surface area contributed by atoms with Gasteiger partial charge in [-0.1, -0.05) is 0 Å². The van der Waals surface area contributed by atoms with E-state index in [9.17, 15) is 78.6 Å². The van der Waals surface area contributed by atoms with Crippen LogP contribution in [0.2, 0.25) is 0 Å². The van der Waals surface area contributed by atoms with Crippen LogP contribution in [0.3, 0.4) is 0 Å². The molecule has 0 bridgehead atoms. The molecule has 0 aliphatic carbocycles. The van der Waals surface area contributed by atoms with Crippen molar-refractivity contribution < 1.29 is 78.6 Å². The molecule has 0 aliphatic heterocycles. The lowest BCUT2D eigenvalue weighted by molar-refractivity contribution is -0.146. The maximum atomic E-state index is 13.7. The third-order valence-corrected chi connectivity index (χ3v) is 6.38. The molecule has 0 radical (unpaired) electrons. The van der Waals surface area contributed by atoms with Gasteiger partial charge in [0.05, 0.1) is 32.0 Å². The van der Waals surface area contributed by atoms with E-state index in [0.29, 0.717) is 0 Å². The van der Waals surface area contributed by atoms with Crippen LogP contribution in [0.5, 0.6) is 0 Å². The molecule has 0 fully saturated rings. The van der Waals surface area contributed by atoms with Crippen LogP contribution in [-0.4, -0.2) is 25.9 Å². The molecule has 2 aromatic carbocycles. The number of hydrogen-bond donors (Lipinski definition) is 0. The van der Waals surface area contributed by atoms with E-state index in [2.05, 4.69) is 0 Å². The number of halogens is 12. The monoisotopic (exact) mass is 598 g/mol. The van der Waals surface area contributed by atoms with Gasteiger partial charge in [0.1, 0.15) is 20.2 Å². The third kappa shape index (κ3) is 6.47. The molecular weight excluding hydrogens is 592 g/mol. The second kappa shape index (κ2) is 9.02. The molecule has 0 heterocycles. The van der Waals surface area contributed by atoms with Crippen LogP contribution in [0.1, 0.15) is 33.4 Å². The van der Waals surface area contributed by atoms with Gasteiger partial charge in [0.15, 0.2) is 0 Å². The molecule has 0 amide bonds. The van der Waals surface area contributed by atoms with E-state index in [1.54, 1.807) is 0 Å². The summed E-state index contributed by atoms with van der Waals surface area (Å²) in [6.45, 7) is 0. The largest absolute Gasteiger partial charge is 0.744 e. The lowest BCUT2D eigenvalue weighted by Crippen LogP contribution is -2.24. The fraction of sp³-hybridized carbons (Fsp3) is 0.294. The smallest absolute Gasteiger partial charge is 0.417 e. The first-order valence-corrected chi connectivity index (χ1v) is 11.5. The van der Waals surface area contributed by atoms with Gasteiger partial charge < -0.3 is 9.11 Å². The molecule has 20 heteroatoms. The molecule has 37 heavy (non-hydrogen) atoms.